The Morgan fingerprint density at radius 1 is 1.12 bits per heavy atom. The molecule has 4 N–H and O–H groups in total. The second-order valence-electron chi connectivity index (χ2n) is 6.27. The van der Waals surface area contributed by atoms with Gasteiger partial charge in [0.1, 0.15) is 5.84 Å². The molecule has 6 nitrogen and oxygen atoms in total. The van der Waals surface area contributed by atoms with E-state index >= 15 is 0 Å². The molecule has 1 aliphatic heterocycles. The van der Waals surface area contributed by atoms with Crippen LogP contribution in [0.5, 0.6) is 0 Å². The Morgan fingerprint density at radius 2 is 1.83 bits per heavy atom. The standard InChI is InChI=1S/C18H22N6/c1-13(2)12-18(19)23-16(14-6-4-3-5-7-14)22-17(24-18)21-15-8-10-20-11-9-15/h3-11,13H,12,19H2,1-2H3,(H2,20,21,22,23,24). The SMILES string of the molecule is CC(C)CC1(N)N=C(Nc2ccncc2)N=C(c2ccccc2)N1. The van der Waals surface area contributed by atoms with Crippen LogP contribution < -0.4 is 16.4 Å². The lowest BCUT2D eigenvalue weighted by Gasteiger charge is -2.33. The zero-order valence-electron chi connectivity index (χ0n) is 13.9. The van der Waals surface area contributed by atoms with E-state index in [1.54, 1.807) is 12.4 Å². The van der Waals surface area contributed by atoms with Crippen LogP contribution in [0.4, 0.5) is 5.69 Å². The number of benzene rings is 1. The molecule has 1 atom stereocenters. The summed E-state index contributed by atoms with van der Waals surface area (Å²) < 4.78 is 0. The summed E-state index contributed by atoms with van der Waals surface area (Å²) in [5.41, 5.74) is 8.34. The number of nitrogens with two attached hydrogens (primary N) is 1. The third kappa shape index (κ3) is 3.97. The highest BCUT2D eigenvalue weighted by atomic mass is 15.4. The lowest BCUT2D eigenvalue weighted by atomic mass is 10.0. The molecule has 2 heterocycles. The van der Waals surface area contributed by atoms with Crippen molar-refractivity contribution < 1.29 is 0 Å². The molecule has 0 fully saturated rings. The summed E-state index contributed by atoms with van der Waals surface area (Å²) in [6.07, 6.45) is 4.13. The fourth-order valence-corrected chi connectivity index (χ4v) is 2.65. The van der Waals surface area contributed by atoms with E-state index in [9.17, 15) is 0 Å². The average Bonchev–Trinajstić information content (AvgIpc) is 2.55. The molecule has 0 saturated heterocycles. The number of hydrogen-bond donors (Lipinski definition) is 3. The first kappa shape index (κ1) is 16.1. The zero-order chi connectivity index (χ0) is 17.0. The van der Waals surface area contributed by atoms with Crippen LogP contribution in [-0.4, -0.2) is 22.6 Å². The van der Waals surface area contributed by atoms with Gasteiger partial charge in [-0.3, -0.25) is 10.7 Å². The van der Waals surface area contributed by atoms with Gasteiger partial charge in [-0.15, -0.1) is 0 Å². The van der Waals surface area contributed by atoms with Crippen LogP contribution in [0.25, 0.3) is 0 Å². The molecule has 0 bridgehead atoms. The second-order valence-corrected chi connectivity index (χ2v) is 6.27. The van der Waals surface area contributed by atoms with Gasteiger partial charge in [-0.25, -0.2) is 4.99 Å². The van der Waals surface area contributed by atoms with Gasteiger partial charge in [0.05, 0.1) is 0 Å². The highest BCUT2D eigenvalue weighted by molar-refractivity contribution is 6.10. The smallest absolute Gasteiger partial charge is 0.228 e. The first-order valence-corrected chi connectivity index (χ1v) is 8.02. The van der Waals surface area contributed by atoms with Crippen LogP contribution in [-0.2, 0) is 0 Å². The van der Waals surface area contributed by atoms with Crippen LogP contribution >= 0.6 is 0 Å². The summed E-state index contributed by atoms with van der Waals surface area (Å²) in [5, 5.41) is 6.49. The highest BCUT2D eigenvalue weighted by Gasteiger charge is 2.31. The number of rotatable bonds is 4. The largest absolute Gasteiger partial charge is 0.333 e. The minimum Gasteiger partial charge on any atom is -0.333 e. The van der Waals surface area contributed by atoms with Crippen molar-refractivity contribution in [1.82, 2.24) is 10.3 Å². The molecule has 2 aromatic rings. The van der Waals surface area contributed by atoms with Gasteiger partial charge in [-0.1, -0.05) is 44.2 Å². The number of nitrogens with one attached hydrogen (secondary N) is 2. The molecule has 0 radical (unpaired) electrons. The van der Waals surface area contributed by atoms with Crippen LogP contribution in [0.2, 0.25) is 0 Å². The van der Waals surface area contributed by atoms with E-state index in [0.717, 1.165) is 11.3 Å². The van der Waals surface area contributed by atoms with E-state index in [2.05, 4.69) is 39.4 Å². The Hall–Kier alpha value is -2.73. The molecule has 0 aliphatic carbocycles. The molecule has 124 valence electrons. The maximum atomic E-state index is 6.50. The van der Waals surface area contributed by atoms with E-state index in [1.165, 1.54) is 0 Å². The monoisotopic (exact) mass is 322 g/mol. The third-order valence-corrected chi connectivity index (χ3v) is 3.56. The summed E-state index contributed by atoms with van der Waals surface area (Å²) in [4.78, 5) is 13.2. The lowest BCUT2D eigenvalue weighted by Crippen LogP contribution is -2.58. The van der Waals surface area contributed by atoms with E-state index in [0.29, 0.717) is 24.1 Å². The molecule has 1 aromatic carbocycles. The second kappa shape index (κ2) is 6.80. The molecule has 1 aliphatic rings. The van der Waals surface area contributed by atoms with E-state index in [-0.39, 0.29) is 0 Å². The fourth-order valence-electron chi connectivity index (χ4n) is 2.65. The molecular formula is C18H22N6. The van der Waals surface area contributed by atoms with Crippen molar-refractivity contribution in [2.24, 2.45) is 21.6 Å². The Bertz CT molecular complexity index is 739. The van der Waals surface area contributed by atoms with Gasteiger partial charge >= 0.3 is 0 Å². The summed E-state index contributed by atoms with van der Waals surface area (Å²) in [6, 6.07) is 13.6. The van der Waals surface area contributed by atoms with Gasteiger partial charge in [0.2, 0.25) is 5.96 Å². The van der Waals surface area contributed by atoms with Gasteiger partial charge in [0.15, 0.2) is 5.79 Å². The molecule has 1 aromatic heterocycles. The third-order valence-electron chi connectivity index (χ3n) is 3.56. The molecule has 0 saturated carbocycles. The van der Waals surface area contributed by atoms with Crippen LogP contribution in [0.3, 0.4) is 0 Å². The van der Waals surface area contributed by atoms with Crippen molar-refractivity contribution in [3.05, 3.63) is 60.4 Å². The average molecular weight is 322 g/mol. The van der Waals surface area contributed by atoms with Crippen LogP contribution in [0.15, 0.2) is 64.8 Å². The molecule has 6 heteroatoms. The van der Waals surface area contributed by atoms with Crippen molar-refractivity contribution in [3.63, 3.8) is 0 Å². The summed E-state index contributed by atoms with van der Waals surface area (Å²) in [6.45, 7) is 4.24. The molecule has 3 rings (SSSR count). The quantitative estimate of drug-likeness (QED) is 0.807. The highest BCUT2D eigenvalue weighted by Crippen LogP contribution is 2.19. The number of hydrogen-bond acceptors (Lipinski definition) is 6. The summed E-state index contributed by atoms with van der Waals surface area (Å²) in [5.74, 6) is 0.701. The van der Waals surface area contributed by atoms with Gasteiger partial charge in [-0.2, -0.15) is 4.99 Å². The number of aliphatic imine (C=N–C) groups is 2. The molecule has 24 heavy (non-hydrogen) atoms. The van der Waals surface area contributed by atoms with Crippen LogP contribution in [0.1, 0.15) is 25.8 Å². The Morgan fingerprint density at radius 3 is 2.50 bits per heavy atom. The molecule has 1 unspecified atom stereocenters. The van der Waals surface area contributed by atoms with E-state index in [4.69, 9.17) is 5.73 Å². The van der Waals surface area contributed by atoms with Gasteiger partial charge in [0.25, 0.3) is 0 Å². The topological polar surface area (TPSA) is 87.7 Å². The van der Waals surface area contributed by atoms with Crippen molar-refractivity contribution >= 4 is 17.5 Å². The van der Waals surface area contributed by atoms with Crippen molar-refractivity contribution in [2.45, 2.75) is 26.1 Å². The fraction of sp³-hybridized carbons (Fsp3) is 0.278. The minimum absolute atomic E-state index is 0.392. The number of aromatic nitrogens is 1. The number of pyridine rings is 1. The number of anilines is 1. The first-order valence-electron chi connectivity index (χ1n) is 8.02. The number of guanidine groups is 1. The Labute approximate surface area is 141 Å². The van der Waals surface area contributed by atoms with E-state index < -0.39 is 5.79 Å². The van der Waals surface area contributed by atoms with Crippen molar-refractivity contribution in [2.75, 3.05) is 5.32 Å². The number of nitrogens with zero attached hydrogens (tertiary/aromatic N) is 3. The summed E-state index contributed by atoms with van der Waals surface area (Å²) >= 11 is 0. The van der Waals surface area contributed by atoms with E-state index in [1.807, 2.05) is 42.5 Å². The van der Waals surface area contributed by atoms with Gasteiger partial charge < -0.3 is 10.6 Å². The zero-order valence-corrected chi connectivity index (χ0v) is 13.9. The summed E-state index contributed by atoms with van der Waals surface area (Å²) in [7, 11) is 0. The van der Waals surface area contributed by atoms with Crippen LogP contribution in [0, 0.1) is 5.92 Å². The van der Waals surface area contributed by atoms with Crippen molar-refractivity contribution in [1.29, 1.82) is 0 Å². The maximum Gasteiger partial charge on any atom is 0.228 e. The lowest BCUT2D eigenvalue weighted by molar-refractivity contribution is 0.327. The molecule has 0 amide bonds. The predicted molar refractivity (Wildman–Crippen MR) is 97.8 cm³/mol. The minimum atomic E-state index is -0.892. The predicted octanol–water partition coefficient (Wildman–Crippen LogP) is 2.56. The first-order chi connectivity index (χ1) is 11.5. The molecule has 0 spiro atoms. The normalized spacial score (nSPS) is 20.2. The number of amidine groups is 1. The van der Waals surface area contributed by atoms with Gasteiger partial charge in [-0.05, 0) is 18.1 Å². The molecular weight excluding hydrogens is 300 g/mol. The van der Waals surface area contributed by atoms with Gasteiger partial charge in [0, 0.05) is 30.1 Å². The van der Waals surface area contributed by atoms with Crippen molar-refractivity contribution in [3.8, 4) is 0 Å². The Balaban J connectivity index is 1.94. The Kier molecular flexibility index (Phi) is 4.57. The maximum absolute atomic E-state index is 6.50.